The van der Waals surface area contributed by atoms with Gasteiger partial charge in [-0.3, -0.25) is 0 Å². The number of piperidine rings is 1. The lowest BCUT2D eigenvalue weighted by atomic mass is 9.94. The van der Waals surface area contributed by atoms with E-state index in [1.165, 1.54) is 17.5 Å². The minimum atomic E-state index is 0.236. The lowest BCUT2D eigenvalue weighted by Gasteiger charge is -2.33. The van der Waals surface area contributed by atoms with Gasteiger partial charge < -0.3 is 10.1 Å². The smallest absolute Gasteiger partial charge is 0.0774 e. The van der Waals surface area contributed by atoms with Gasteiger partial charge in [0, 0.05) is 4.47 Å². The van der Waals surface area contributed by atoms with Crippen LogP contribution in [0.25, 0.3) is 0 Å². The van der Waals surface area contributed by atoms with Gasteiger partial charge in [0.15, 0.2) is 0 Å². The molecule has 1 fully saturated rings. The second-order valence-electron chi connectivity index (χ2n) is 5.46. The zero-order valence-electron chi connectivity index (χ0n) is 12.0. The highest BCUT2D eigenvalue weighted by Crippen LogP contribution is 2.27. The van der Waals surface area contributed by atoms with Gasteiger partial charge in [-0.15, -0.1) is 0 Å². The van der Waals surface area contributed by atoms with Crippen molar-refractivity contribution < 1.29 is 4.74 Å². The van der Waals surface area contributed by atoms with Crippen LogP contribution in [0.1, 0.15) is 30.0 Å². The number of hydrogen-bond donors (Lipinski definition) is 1. The maximum absolute atomic E-state index is 6.21. The summed E-state index contributed by atoms with van der Waals surface area (Å²) in [7, 11) is 0. The Morgan fingerprint density at radius 1 is 1.10 bits per heavy atom. The average Bonchev–Trinajstić information content (AvgIpc) is 2.54. The summed E-state index contributed by atoms with van der Waals surface area (Å²) >= 11 is 3.51. The van der Waals surface area contributed by atoms with Crippen molar-refractivity contribution in [2.45, 2.75) is 31.6 Å². The van der Waals surface area contributed by atoms with Gasteiger partial charge in [0.25, 0.3) is 0 Å². The molecule has 0 aromatic heterocycles. The van der Waals surface area contributed by atoms with Gasteiger partial charge in [0.1, 0.15) is 0 Å². The number of hydrogen-bond acceptors (Lipinski definition) is 2. The second-order valence-corrected chi connectivity index (χ2v) is 6.38. The van der Waals surface area contributed by atoms with Crippen molar-refractivity contribution in [1.82, 2.24) is 5.32 Å². The molecule has 0 amide bonds. The van der Waals surface area contributed by atoms with Crippen molar-refractivity contribution in [3.63, 3.8) is 0 Å². The molecule has 0 aliphatic carbocycles. The van der Waals surface area contributed by atoms with E-state index >= 15 is 0 Å². The molecule has 0 bridgehead atoms. The first-order valence-electron chi connectivity index (χ1n) is 7.47. The van der Waals surface area contributed by atoms with Crippen molar-refractivity contribution in [2.75, 3.05) is 6.54 Å². The topological polar surface area (TPSA) is 21.3 Å². The number of benzene rings is 2. The van der Waals surface area contributed by atoms with E-state index in [-0.39, 0.29) is 6.10 Å². The Morgan fingerprint density at radius 2 is 1.95 bits per heavy atom. The number of nitrogens with one attached hydrogen (secondary N) is 1. The Hall–Kier alpha value is -1.16. The van der Waals surface area contributed by atoms with Crippen LogP contribution in [0, 0.1) is 0 Å². The molecular formula is C18H20BrNO. The predicted molar refractivity (Wildman–Crippen MR) is 89.1 cm³/mol. The quantitative estimate of drug-likeness (QED) is 0.883. The zero-order chi connectivity index (χ0) is 14.5. The van der Waals surface area contributed by atoms with Gasteiger partial charge >= 0.3 is 0 Å². The first-order chi connectivity index (χ1) is 10.3. The minimum absolute atomic E-state index is 0.236. The Bertz CT molecular complexity index is 572. The summed E-state index contributed by atoms with van der Waals surface area (Å²) in [6, 6.07) is 19.2. The molecule has 0 spiro atoms. The Balaban J connectivity index is 1.67. The van der Waals surface area contributed by atoms with Crippen LogP contribution in [-0.4, -0.2) is 12.6 Å². The van der Waals surface area contributed by atoms with Crippen LogP contribution < -0.4 is 5.32 Å². The van der Waals surface area contributed by atoms with Gasteiger partial charge in [-0.05, 0) is 42.6 Å². The van der Waals surface area contributed by atoms with E-state index in [1.807, 2.05) is 6.07 Å². The number of rotatable bonds is 4. The molecule has 0 unspecified atom stereocenters. The molecule has 1 saturated heterocycles. The van der Waals surface area contributed by atoms with E-state index in [4.69, 9.17) is 4.74 Å². The maximum atomic E-state index is 6.21. The number of ether oxygens (including phenoxy) is 1. The van der Waals surface area contributed by atoms with E-state index in [0.29, 0.717) is 12.6 Å². The molecule has 3 rings (SSSR count). The summed E-state index contributed by atoms with van der Waals surface area (Å²) in [6.07, 6.45) is 2.52. The van der Waals surface area contributed by atoms with Crippen LogP contribution in [-0.2, 0) is 11.3 Å². The maximum Gasteiger partial charge on any atom is 0.0774 e. The van der Waals surface area contributed by atoms with Crippen LogP contribution in [0.2, 0.25) is 0 Å². The molecule has 3 heteroatoms. The predicted octanol–water partition coefficient (Wildman–Crippen LogP) is 4.46. The fourth-order valence-electron chi connectivity index (χ4n) is 2.86. The third-order valence-electron chi connectivity index (χ3n) is 3.91. The first kappa shape index (κ1) is 14.8. The number of halogens is 1. The third-order valence-corrected chi connectivity index (χ3v) is 4.41. The van der Waals surface area contributed by atoms with Crippen molar-refractivity contribution >= 4 is 15.9 Å². The minimum Gasteiger partial charge on any atom is -0.372 e. The lowest BCUT2D eigenvalue weighted by Crippen LogP contribution is -2.39. The molecule has 1 N–H and O–H groups in total. The molecule has 0 saturated carbocycles. The molecule has 110 valence electrons. The van der Waals surface area contributed by atoms with E-state index in [2.05, 4.69) is 69.8 Å². The van der Waals surface area contributed by atoms with Gasteiger partial charge in [-0.2, -0.15) is 0 Å². The summed E-state index contributed by atoms with van der Waals surface area (Å²) in [6.45, 7) is 1.73. The third kappa shape index (κ3) is 3.94. The highest BCUT2D eigenvalue weighted by Gasteiger charge is 2.26. The summed E-state index contributed by atoms with van der Waals surface area (Å²) in [5, 5.41) is 3.60. The van der Waals surface area contributed by atoms with Gasteiger partial charge in [0.05, 0.1) is 18.8 Å². The molecule has 2 nitrogen and oxygen atoms in total. The molecule has 2 aromatic carbocycles. The Labute approximate surface area is 134 Å². The summed E-state index contributed by atoms with van der Waals surface area (Å²) in [5.74, 6) is 0. The average molecular weight is 346 g/mol. The van der Waals surface area contributed by atoms with Crippen LogP contribution in [0.4, 0.5) is 0 Å². The van der Waals surface area contributed by atoms with Crippen LogP contribution in [0.5, 0.6) is 0 Å². The van der Waals surface area contributed by atoms with Crippen LogP contribution in [0.3, 0.4) is 0 Å². The Morgan fingerprint density at radius 3 is 2.76 bits per heavy atom. The van der Waals surface area contributed by atoms with E-state index in [0.717, 1.165) is 17.4 Å². The van der Waals surface area contributed by atoms with Crippen molar-refractivity contribution in [3.8, 4) is 0 Å². The van der Waals surface area contributed by atoms with Crippen molar-refractivity contribution in [1.29, 1.82) is 0 Å². The fourth-order valence-corrected chi connectivity index (χ4v) is 3.31. The largest absolute Gasteiger partial charge is 0.372 e. The molecule has 1 heterocycles. The molecular weight excluding hydrogens is 326 g/mol. The first-order valence-corrected chi connectivity index (χ1v) is 8.26. The van der Waals surface area contributed by atoms with Crippen LogP contribution >= 0.6 is 15.9 Å². The second kappa shape index (κ2) is 7.21. The molecule has 2 aromatic rings. The Kier molecular flexibility index (Phi) is 5.07. The van der Waals surface area contributed by atoms with Gasteiger partial charge in [-0.25, -0.2) is 0 Å². The zero-order valence-corrected chi connectivity index (χ0v) is 13.6. The van der Waals surface area contributed by atoms with Crippen molar-refractivity contribution in [2.24, 2.45) is 0 Å². The summed E-state index contributed by atoms with van der Waals surface area (Å²) in [4.78, 5) is 0. The van der Waals surface area contributed by atoms with Gasteiger partial charge in [0.2, 0.25) is 0 Å². The molecule has 21 heavy (non-hydrogen) atoms. The molecule has 2 atom stereocenters. The van der Waals surface area contributed by atoms with Crippen molar-refractivity contribution in [3.05, 3.63) is 70.2 Å². The van der Waals surface area contributed by atoms with E-state index in [9.17, 15) is 0 Å². The van der Waals surface area contributed by atoms with Crippen LogP contribution in [0.15, 0.2) is 59.1 Å². The normalized spacial score (nSPS) is 22.1. The van der Waals surface area contributed by atoms with E-state index < -0.39 is 0 Å². The molecule has 1 aliphatic rings. The summed E-state index contributed by atoms with van der Waals surface area (Å²) in [5.41, 5.74) is 2.53. The van der Waals surface area contributed by atoms with E-state index in [1.54, 1.807) is 0 Å². The fraction of sp³-hybridized carbons (Fsp3) is 0.333. The van der Waals surface area contributed by atoms with Gasteiger partial charge in [-0.1, -0.05) is 58.4 Å². The lowest BCUT2D eigenvalue weighted by molar-refractivity contribution is -0.00358. The molecule has 0 radical (unpaired) electrons. The molecule has 1 aliphatic heterocycles. The highest BCUT2D eigenvalue weighted by atomic mass is 79.9. The monoisotopic (exact) mass is 345 g/mol. The highest BCUT2D eigenvalue weighted by molar-refractivity contribution is 9.10. The summed E-state index contributed by atoms with van der Waals surface area (Å²) < 4.78 is 7.31. The SMILES string of the molecule is Brc1cccc(CO[C@@H]2CCCN[C@@H]2c2ccccc2)c1. The standard InChI is InChI=1S/C18H20BrNO/c19-16-9-4-6-14(12-16)13-21-17-10-5-11-20-18(17)15-7-2-1-3-8-15/h1-4,6-9,12,17-18,20H,5,10-11,13H2/t17-,18-/m1/s1.